The molecule has 5 heteroatoms. The van der Waals surface area contributed by atoms with E-state index in [-0.39, 0.29) is 0 Å². The van der Waals surface area contributed by atoms with Gasteiger partial charge in [0.05, 0.1) is 5.52 Å². The topological polar surface area (TPSA) is 38.9 Å². The van der Waals surface area contributed by atoms with Crippen molar-refractivity contribution in [1.29, 1.82) is 0 Å². The number of aromatic nitrogens is 1. The predicted octanol–water partition coefficient (Wildman–Crippen LogP) is 5.42. The van der Waals surface area contributed by atoms with Gasteiger partial charge < -0.3 is 5.73 Å². The van der Waals surface area contributed by atoms with E-state index in [0.717, 1.165) is 21.4 Å². The maximum atomic E-state index is 6.26. The van der Waals surface area contributed by atoms with Crippen molar-refractivity contribution >= 4 is 51.6 Å². The lowest BCUT2D eigenvalue weighted by Crippen LogP contribution is -1.91. The van der Waals surface area contributed by atoms with Gasteiger partial charge in [-0.2, -0.15) is 0 Å². The van der Waals surface area contributed by atoms with Crippen LogP contribution in [0.3, 0.4) is 0 Å². The van der Waals surface area contributed by atoms with Gasteiger partial charge in [0.15, 0.2) is 0 Å². The maximum Gasteiger partial charge on any atom is 0.133 e. The molecule has 2 N–H and O–H groups in total. The Bertz CT molecular complexity index is 805. The average molecular weight is 335 g/mol. The SMILES string of the molecule is Nc1cc(Cl)ccc1SCc1cc2ccccc2nc1Cl. The van der Waals surface area contributed by atoms with Crippen LogP contribution < -0.4 is 5.73 Å². The van der Waals surface area contributed by atoms with Gasteiger partial charge in [-0.3, -0.25) is 0 Å². The van der Waals surface area contributed by atoms with Crippen molar-refractivity contribution in [3.8, 4) is 0 Å². The Labute approximate surface area is 137 Å². The lowest BCUT2D eigenvalue weighted by atomic mass is 10.2. The van der Waals surface area contributed by atoms with Gasteiger partial charge in [-0.1, -0.05) is 41.4 Å². The van der Waals surface area contributed by atoms with Crippen molar-refractivity contribution in [3.05, 3.63) is 64.3 Å². The molecule has 3 aromatic rings. The van der Waals surface area contributed by atoms with Crippen LogP contribution in [-0.4, -0.2) is 4.98 Å². The van der Waals surface area contributed by atoms with Gasteiger partial charge in [-0.05, 0) is 30.3 Å². The molecule has 2 nitrogen and oxygen atoms in total. The number of hydrogen-bond acceptors (Lipinski definition) is 3. The summed E-state index contributed by atoms with van der Waals surface area (Å²) in [4.78, 5) is 5.41. The molecule has 0 radical (unpaired) electrons. The molecule has 0 spiro atoms. The molecule has 0 aliphatic heterocycles. The van der Waals surface area contributed by atoms with E-state index in [4.69, 9.17) is 28.9 Å². The Morgan fingerprint density at radius 1 is 1.05 bits per heavy atom. The number of thioether (sulfide) groups is 1. The van der Waals surface area contributed by atoms with Crippen LogP contribution in [-0.2, 0) is 5.75 Å². The first-order valence-electron chi connectivity index (χ1n) is 6.35. The zero-order valence-corrected chi connectivity index (χ0v) is 13.3. The van der Waals surface area contributed by atoms with Crippen LogP contribution in [0.15, 0.2) is 53.4 Å². The zero-order chi connectivity index (χ0) is 14.8. The van der Waals surface area contributed by atoms with E-state index in [0.29, 0.717) is 21.6 Å². The molecule has 106 valence electrons. The molecule has 0 saturated heterocycles. The summed E-state index contributed by atoms with van der Waals surface area (Å²) >= 11 is 13.8. The van der Waals surface area contributed by atoms with Crippen LogP contribution in [0.1, 0.15) is 5.56 Å². The smallest absolute Gasteiger partial charge is 0.133 e. The quantitative estimate of drug-likeness (QED) is 0.395. The van der Waals surface area contributed by atoms with Crippen LogP contribution in [0.5, 0.6) is 0 Å². The van der Waals surface area contributed by atoms with E-state index in [9.17, 15) is 0 Å². The standard InChI is InChI=1S/C16H12Cl2N2S/c17-12-5-6-15(13(19)8-12)21-9-11-7-10-3-1-2-4-14(10)20-16(11)18/h1-8H,9,19H2. The molecule has 21 heavy (non-hydrogen) atoms. The molecule has 0 unspecified atom stereocenters. The Hall–Kier alpha value is -1.42. The molecule has 3 rings (SSSR count). The molecule has 0 fully saturated rings. The van der Waals surface area contributed by atoms with Crippen molar-refractivity contribution in [2.45, 2.75) is 10.6 Å². The molecular weight excluding hydrogens is 323 g/mol. The number of benzene rings is 2. The summed E-state index contributed by atoms with van der Waals surface area (Å²) in [6, 6.07) is 15.5. The van der Waals surface area contributed by atoms with E-state index in [1.807, 2.05) is 36.4 Å². The van der Waals surface area contributed by atoms with Crippen LogP contribution in [0.4, 0.5) is 5.69 Å². The number of nitrogen functional groups attached to an aromatic ring is 1. The van der Waals surface area contributed by atoms with Crippen LogP contribution in [0.2, 0.25) is 10.2 Å². The summed E-state index contributed by atoms with van der Waals surface area (Å²) in [5.41, 5.74) is 8.54. The molecule has 0 aliphatic rings. The van der Waals surface area contributed by atoms with E-state index in [2.05, 4.69) is 11.1 Å². The van der Waals surface area contributed by atoms with Crippen LogP contribution in [0.25, 0.3) is 10.9 Å². The zero-order valence-electron chi connectivity index (χ0n) is 11.0. The predicted molar refractivity (Wildman–Crippen MR) is 92.2 cm³/mol. The average Bonchev–Trinajstić information content (AvgIpc) is 2.46. The number of rotatable bonds is 3. The van der Waals surface area contributed by atoms with E-state index < -0.39 is 0 Å². The highest BCUT2D eigenvalue weighted by molar-refractivity contribution is 7.98. The summed E-state index contributed by atoms with van der Waals surface area (Å²) < 4.78 is 0. The number of hydrogen-bond donors (Lipinski definition) is 1. The molecule has 0 saturated carbocycles. The van der Waals surface area contributed by atoms with Crippen molar-refractivity contribution in [3.63, 3.8) is 0 Å². The van der Waals surface area contributed by atoms with Crippen molar-refractivity contribution in [2.24, 2.45) is 0 Å². The highest BCUT2D eigenvalue weighted by Crippen LogP contribution is 2.32. The van der Waals surface area contributed by atoms with Gasteiger partial charge in [0, 0.05) is 32.3 Å². The molecule has 0 bridgehead atoms. The van der Waals surface area contributed by atoms with Crippen molar-refractivity contribution in [1.82, 2.24) is 4.98 Å². The monoisotopic (exact) mass is 334 g/mol. The number of pyridine rings is 1. The highest BCUT2D eigenvalue weighted by atomic mass is 35.5. The Balaban J connectivity index is 1.86. The van der Waals surface area contributed by atoms with E-state index >= 15 is 0 Å². The lowest BCUT2D eigenvalue weighted by molar-refractivity contribution is 1.30. The Morgan fingerprint density at radius 3 is 2.67 bits per heavy atom. The molecule has 0 aliphatic carbocycles. The van der Waals surface area contributed by atoms with Crippen LogP contribution in [0, 0.1) is 0 Å². The summed E-state index contributed by atoms with van der Waals surface area (Å²) in [6.07, 6.45) is 0. The fraction of sp³-hybridized carbons (Fsp3) is 0.0625. The molecule has 1 heterocycles. The first-order valence-corrected chi connectivity index (χ1v) is 8.09. The molecule has 0 amide bonds. The van der Waals surface area contributed by atoms with Gasteiger partial charge >= 0.3 is 0 Å². The lowest BCUT2D eigenvalue weighted by Gasteiger charge is -2.08. The summed E-state index contributed by atoms with van der Waals surface area (Å²) in [5.74, 6) is 0.711. The minimum absolute atomic E-state index is 0.536. The maximum absolute atomic E-state index is 6.26. The Kier molecular flexibility index (Phi) is 4.24. The second-order valence-corrected chi connectivity index (χ2v) is 6.41. The van der Waals surface area contributed by atoms with Crippen LogP contribution >= 0.6 is 35.0 Å². The number of fused-ring (bicyclic) bond motifs is 1. The summed E-state index contributed by atoms with van der Waals surface area (Å²) in [7, 11) is 0. The third-order valence-corrected chi connectivity index (χ3v) is 4.81. The number of nitrogens with zero attached hydrogens (tertiary/aromatic N) is 1. The molecule has 1 aromatic heterocycles. The molecule has 0 atom stereocenters. The number of para-hydroxylation sites is 1. The molecule has 2 aromatic carbocycles. The fourth-order valence-corrected chi connectivity index (χ4v) is 3.44. The third kappa shape index (κ3) is 3.26. The van der Waals surface area contributed by atoms with Gasteiger partial charge in [0.25, 0.3) is 0 Å². The minimum Gasteiger partial charge on any atom is -0.398 e. The largest absolute Gasteiger partial charge is 0.398 e. The van der Waals surface area contributed by atoms with Gasteiger partial charge in [0.1, 0.15) is 5.15 Å². The fourth-order valence-electron chi connectivity index (χ4n) is 2.04. The van der Waals surface area contributed by atoms with Crippen molar-refractivity contribution in [2.75, 3.05) is 5.73 Å². The summed E-state index contributed by atoms with van der Waals surface area (Å²) in [6.45, 7) is 0. The van der Waals surface area contributed by atoms with E-state index in [1.165, 1.54) is 0 Å². The second kappa shape index (κ2) is 6.14. The van der Waals surface area contributed by atoms with Gasteiger partial charge in [-0.15, -0.1) is 11.8 Å². The first kappa shape index (κ1) is 14.5. The number of anilines is 1. The first-order chi connectivity index (χ1) is 10.1. The number of nitrogens with two attached hydrogens (primary N) is 1. The van der Waals surface area contributed by atoms with Crippen molar-refractivity contribution < 1.29 is 0 Å². The minimum atomic E-state index is 0.536. The van der Waals surface area contributed by atoms with E-state index in [1.54, 1.807) is 17.8 Å². The van der Waals surface area contributed by atoms with Gasteiger partial charge in [0.2, 0.25) is 0 Å². The molecular formula is C16H12Cl2N2S. The normalized spacial score (nSPS) is 11.0. The van der Waals surface area contributed by atoms with Gasteiger partial charge in [-0.25, -0.2) is 4.98 Å². The highest BCUT2D eigenvalue weighted by Gasteiger charge is 2.07. The summed E-state index contributed by atoms with van der Waals surface area (Å²) in [5, 5.41) is 2.26. The second-order valence-electron chi connectivity index (χ2n) is 4.60. The Morgan fingerprint density at radius 2 is 1.86 bits per heavy atom. The third-order valence-electron chi connectivity index (χ3n) is 3.11. The number of halogens is 2.